The molecule has 0 aliphatic carbocycles. The third-order valence-corrected chi connectivity index (χ3v) is 15.2. The van der Waals surface area contributed by atoms with E-state index in [2.05, 4.69) is 101 Å². The highest BCUT2D eigenvalue weighted by atomic mass is 16.6. The molecule has 0 N–H and O–H groups in total. The Labute approximate surface area is 500 Å². The van der Waals surface area contributed by atoms with Crippen molar-refractivity contribution in [1.29, 1.82) is 0 Å². The first-order chi connectivity index (χ1) is 39.8. The van der Waals surface area contributed by atoms with Crippen molar-refractivity contribution in [3.63, 3.8) is 0 Å². The highest BCUT2D eigenvalue weighted by Crippen LogP contribution is 2.25. The summed E-state index contributed by atoms with van der Waals surface area (Å²) in [7, 11) is 1.43. The fourth-order valence-electron chi connectivity index (χ4n) is 10.1. The van der Waals surface area contributed by atoms with Crippen LogP contribution in [0.15, 0.2) is 72.9 Å². The van der Waals surface area contributed by atoms with Crippen LogP contribution >= 0.6 is 0 Å². The predicted molar refractivity (Wildman–Crippen MR) is 345 cm³/mol. The molecule has 468 valence electrons. The van der Waals surface area contributed by atoms with E-state index in [9.17, 15) is 19.2 Å². The van der Waals surface area contributed by atoms with Crippen molar-refractivity contribution in [2.45, 2.75) is 361 Å². The smallest absolute Gasteiger partial charge is 0.306 e. The zero-order valence-electron chi connectivity index (χ0n) is 53.6. The molecule has 0 aromatic carbocycles. The number of unbranched alkanes of at least 4 members (excludes halogenated alkanes) is 31. The van der Waals surface area contributed by atoms with E-state index in [1.165, 1.54) is 84.2 Å². The topological polar surface area (TPSA) is 105 Å². The highest BCUT2D eigenvalue weighted by Gasteiger charge is 2.32. The molecule has 0 heterocycles. The van der Waals surface area contributed by atoms with Crippen LogP contribution in [-0.2, 0) is 38.1 Å². The molecule has 0 aromatic heterocycles. The van der Waals surface area contributed by atoms with Crippen molar-refractivity contribution in [2.24, 2.45) is 0 Å². The Morgan fingerprint density at radius 1 is 0.284 bits per heavy atom. The molecule has 3 atom stereocenters. The number of carbonyl (C=O) groups excluding carboxylic acids is 4. The second-order valence-corrected chi connectivity index (χ2v) is 23.1. The molecule has 0 rings (SSSR count). The lowest BCUT2D eigenvalue weighted by Crippen LogP contribution is -2.39. The van der Waals surface area contributed by atoms with Crippen molar-refractivity contribution in [1.82, 2.24) is 0 Å². The van der Waals surface area contributed by atoms with Gasteiger partial charge in [0.25, 0.3) is 0 Å². The lowest BCUT2D eigenvalue weighted by Gasteiger charge is -2.30. The van der Waals surface area contributed by atoms with Crippen LogP contribution in [0.3, 0.4) is 0 Å². The second kappa shape index (κ2) is 63.9. The summed E-state index contributed by atoms with van der Waals surface area (Å²) < 4.78 is 24.0. The molecule has 0 saturated carbocycles. The largest absolute Gasteiger partial charge is 0.469 e. The number of allylic oxidation sites excluding steroid dienone is 12. The molecular formula is C73H128O8. The van der Waals surface area contributed by atoms with Crippen LogP contribution in [0.25, 0.3) is 0 Å². The predicted octanol–water partition coefficient (Wildman–Crippen LogP) is 22.4. The normalized spacial score (nSPS) is 13.2. The van der Waals surface area contributed by atoms with E-state index in [1.807, 2.05) is 0 Å². The minimum absolute atomic E-state index is 0.188. The van der Waals surface area contributed by atoms with Gasteiger partial charge in [-0.15, -0.1) is 0 Å². The monoisotopic (exact) mass is 1130 g/mol. The first-order valence-corrected chi connectivity index (χ1v) is 34.4. The summed E-state index contributed by atoms with van der Waals surface area (Å²) in [6, 6.07) is 0. The van der Waals surface area contributed by atoms with Gasteiger partial charge in [-0.25, -0.2) is 0 Å². The van der Waals surface area contributed by atoms with Crippen molar-refractivity contribution < 1.29 is 38.1 Å². The Morgan fingerprint density at radius 2 is 0.556 bits per heavy atom. The third-order valence-electron chi connectivity index (χ3n) is 15.2. The summed E-state index contributed by atoms with van der Waals surface area (Å²) >= 11 is 0. The van der Waals surface area contributed by atoms with Crippen molar-refractivity contribution >= 4 is 23.9 Å². The van der Waals surface area contributed by atoms with Crippen LogP contribution in [-0.4, -0.2) is 49.3 Å². The van der Waals surface area contributed by atoms with E-state index >= 15 is 0 Å². The number of ether oxygens (including phenoxy) is 4. The van der Waals surface area contributed by atoms with Gasteiger partial charge in [0.1, 0.15) is 18.3 Å². The van der Waals surface area contributed by atoms with Crippen molar-refractivity contribution in [3.8, 4) is 0 Å². The minimum Gasteiger partial charge on any atom is -0.469 e. The van der Waals surface area contributed by atoms with Crippen LogP contribution in [0, 0.1) is 0 Å². The molecule has 8 heteroatoms. The number of esters is 4. The zero-order chi connectivity index (χ0) is 59.0. The molecule has 0 aromatic rings. The van der Waals surface area contributed by atoms with Gasteiger partial charge >= 0.3 is 23.9 Å². The van der Waals surface area contributed by atoms with Gasteiger partial charge in [0.05, 0.1) is 7.11 Å². The Kier molecular flexibility index (Phi) is 61.0. The lowest BCUT2D eigenvalue weighted by atomic mass is 9.97. The Morgan fingerprint density at radius 3 is 0.926 bits per heavy atom. The first kappa shape index (κ1) is 77.3. The van der Waals surface area contributed by atoms with Gasteiger partial charge in [0.15, 0.2) is 0 Å². The highest BCUT2D eigenvalue weighted by molar-refractivity contribution is 5.71. The molecule has 0 spiro atoms. The van der Waals surface area contributed by atoms with E-state index in [0.29, 0.717) is 44.9 Å². The standard InChI is InChI=1S/C73H128O8/c1-6-10-14-18-21-24-27-30-33-36-39-42-45-50-57-63-71(75)79-67(60-54-17-13-9-4)66-69(81-73(77)65-59-52-47-44-41-38-35-32-29-26-23-20-16-12-8-3)68(61-55-49-48-53-56-62-70(74)78-5)80-72(76)64-58-51-46-43-40-37-34-31-28-25-22-19-15-11-7-2/h21-26,30-35,67-69H,6-20,27-29,36-66H2,1-5H3/b24-21-,25-22-,26-23-,33-30-,34-31-,35-32-/t67-,68+,69-/m1/s1. The van der Waals surface area contributed by atoms with Gasteiger partial charge in [-0.05, 0) is 148 Å². The van der Waals surface area contributed by atoms with Gasteiger partial charge in [0, 0.05) is 32.1 Å². The van der Waals surface area contributed by atoms with Gasteiger partial charge in [-0.1, -0.05) is 235 Å². The maximum Gasteiger partial charge on any atom is 0.306 e. The summed E-state index contributed by atoms with van der Waals surface area (Å²) in [5, 5.41) is 0. The Balaban J connectivity index is 5.85. The summed E-state index contributed by atoms with van der Waals surface area (Å²) in [5.74, 6) is -0.912. The van der Waals surface area contributed by atoms with E-state index in [0.717, 1.165) is 193 Å². The van der Waals surface area contributed by atoms with Gasteiger partial charge < -0.3 is 18.9 Å². The van der Waals surface area contributed by atoms with Crippen LogP contribution < -0.4 is 0 Å². The molecule has 8 nitrogen and oxygen atoms in total. The lowest BCUT2D eigenvalue weighted by molar-refractivity contribution is -0.174. The van der Waals surface area contributed by atoms with E-state index < -0.39 is 18.3 Å². The number of hydrogen-bond donors (Lipinski definition) is 0. The molecule has 0 saturated heterocycles. The fourth-order valence-corrected chi connectivity index (χ4v) is 10.1. The van der Waals surface area contributed by atoms with E-state index in [1.54, 1.807) is 0 Å². The number of rotatable bonds is 61. The summed E-state index contributed by atoms with van der Waals surface area (Å²) in [6.07, 6.45) is 73.7. The van der Waals surface area contributed by atoms with Gasteiger partial charge in [-0.2, -0.15) is 0 Å². The maximum absolute atomic E-state index is 13.9. The summed E-state index contributed by atoms with van der Waals surface area (Å²) in [4.78, 5) is 53.0. The number of carbonyl (C=O) groups is 4. The van der Waals surface area contributed by atoms with Crippen molar-refractivity contribution in [3.05, 3.63) is 72.9 Å². The van der Waals surface area contributed by atoms with E-state index in [4.69, 9.17) is 18.9 Å². The van der Waals surface area contributed by atoms with Crippen LogP contribution in [0.2, 0.25) is 0 Å². The van der Waals surface area contributed by atoms with Gasteiger partial charge in [-0.3, -0.25) is 19.2 Å². The minimum atomic E-state index is -0.719. The van der Waals surface area contributed by atoms with Crippen molar-refractivity contribution in [2.75, 3.05) is 7.11 Å². The molecular weight excluding hydrogens is 1000 g/mol. The second-order valence-electron chi connectivity index (χ2n) is 23.1. The molecule has 0 aliphatic heterocycles. The summed E-state index contributed by atoms with van der Waals surface area (Å²) in [5.41, 5.74) is 0. The number of methoxy groups -OCH3 is 1. The summed E-state index contributed by atoms with van der Waals surface area (Å²) in [6.45, 7) is 8.92. The Hall–Kier alpha value is -3.68. The van der Waals surface area contributed by atoms with E-state index in [-0.39, 0.29) is 23.9 Å². The fraction of sp³-hybridized carbons (Fsp3) is 0.781. The Bertz CT molecular complexity index is 1590. The molecule has 0 unspecified atom stereocenters. The molecule has 81 heavy (non-hydrogen) atoms. The molecule has 0 amide bonds. The molecule has 0 bridgehead atoms. The molecule has 0 radical (unpaired) electrons. The third kappa shape index (κ3) is 57.9. The van der Waals surface area contributed by atoms with Crippen LogP contribution in [0.1, 0.15) is 342 Å². The first-order valence-electron chi connectivity index (χ1n) is 34.4. The quantitative estimate of drug-likeness (QED) is 0.0257. The zero-order valence-corrected chi connectivity index (χ0v) is 53.6. The van der Waals surface area contributed by atoms with Gasteiger partial charge in [0.2, 0.25) is 0 Å². The van der Waals surface area contributed by atoms with Crippen LogP contribution in [0.4, 0.5) is 0 Å². The average molecular weight is 1130 g/mol. The van der Waals surface area contributed by atoms with Crippen LogP contribution in [0.5, 0.6) is 0 Å². The maximum atomic E-state index is 13.9. The SMILES string of the molecule is CCCCC/C=C\C/C=C\CCCCCCCC(=O)O[C@H](CCCCCC)C[C@@H](OC(=O)CCCCCCC/C=C\C/C=C\CCCCC)[C@H](CCCCCCCC(=O)OC)OC(=O)CCCCCCC/C=C\C/C=C\CCCCC. The molecule has 0 aliphatic rings. The average Bonchev–Trinajstić information content (AvgIpc) is 3.47. The number of hydrogen-bond acceptors (Lipinski definition) is 8. The molecule has 0 fully saturated rings.